The maximum atomic E-state index is 13.2. The summed E-state index contributed by atoms with van der Waals surface area (Å²) in [5, 5.41) is 0. The topological polar surface area (TPSA) is 56.4 Å². The molecule has 1 aromatic carbocycles. The molecule has 1 aliphatic heterocycles. The third-order valence-electron chi connectivity index (χ3n) is 5.36. The second kappa shape index (κ2) is 8.09. The average Bonchev–Trinajstić information content (AvgIpc) is 2.64. The number of aromatic nitrogens is 1. The molecule has 2 aromatic rings. The molecular weight excluding hydrogens is 338 g/mol. The van der Waals surface area contributed by atoms with Crippen LogP contribution in [0.3, 0.4) is 0 Å². The van der Waals surface area contributed by atoms with Crippen LogP contribution in [-0.2, 0) is 6.54 Å². The summed E-state index contributed by atoms with van der Waals surface area (Å²) < 4.78 is 0. The van der Waals surface area contributed by atoms with Gasteiger partial charge >= 0.3 is 0 Å². The first-order valence-corrected chi connectivity index (χ1v) is 9.62. The van der Waals surface area contributed by atoms with Crippen LogP contribution in [0, 0.1) is 13.8 Å². The molecule has 1 aliphatic rings. The van der Waals surface area contributed by atoms with Crippen molar-refractivity contribution in [2.45, 2.75) is 45.7 Å². The summed E-state index contributed by atoms with van der Waals surface area (Å²) in [5.74, 6) is -0.165. The number of amides is 1. The normalized spacial score (nSPS) is 17.4. The van der Waals surface area contributed by atoms with E-state index in [-0.39, 0.29) is 23.1 Å². The highest BCUT2D eigenvalue weighted by atomic mass is 16.2. The first-order chi connectivity index (χ1) is 12.9. The molecule has 1 amide bonds. The molecule has 0 unspecified atom stereocenters. The molecule has 27 heavy (non-hydrogen) atoms. The number of benzene rings is 1. The zero-order valence-corrected chi connectivity index (χ0v) is 16.7. The van der Waals surface area contributed by atoms with Crippen molar-refractivity contribution in [3.05, 3.63) is 68.6 Å². The molecule has 2 heterocycles. The third-order valence-corrected chi connectivity index (χ3v) is 5.36. The summed E-state index contributed by atoms with van der Waals surface area (Å²) >= 11 is 0. The van der Waals surface area contributed by atoms with Gasteiger partial charge in [-0.05, 0) is 70.0 Å². The Kier molecular flexibility index (Phi) is 5.80. The Morgan fingerprint density at radius 2 is 1.89 bits per heavy atom. The van der Waals surface area contributed by atoms with E-state index in [1.54, 1.807) is 6.07 Å². The highest BCUT2D eigenvalue weighted by molar-refractivity contribution is 5.94. The minimum atomic E-state index is -0.297. The van der Waals surface area contributed by atoms with Gasteiger partial charge in [-0.25, -0.2) is 0 Å². The monoisotopic (exact) mass is 367 g/mol. The molecule has 5 heteroatoms. The van der Waals surface area contributed by atoms with E-state index < -0.39 is 0 Å². The van der Waals surface area contributed by atoms with Gasteiger partial charge in [0.05, 0.1) is 6.04 Å². The van der Waals surface area contributed by atoms with Crippen molar-refractivity contribution >= 4 is 5.91 Å². The fourth-order valence-electron chi connectivity index (χ4n) is 3.77. The summed E-state index contributed by atoms with van der Waals surface area (Å²) in [6.07, 6.45) is 3.00. The number of aryl methyl sites for hydroxylation is 2. The van der Waals surface area contributed by atoms with Gasteiger partial charge in [0, 0.05) is 18.8 Å². The van der Waals surface area contributed by atoms with E-state index >= 15 is 0 Å². The number of aromatic amines is 1. The number of carbonyl (C=O) groups is 1. The Bertz CT molecular complexity index is 868. The van der Waals surface area contributed by atoms with Crippen molar-refractivity contribution in [2.75, 3.05) is 20.6 Å². The van der Waals surface area contributed by atoms with Crippen LogP contribution in [0.1, 0.15) is 58.0 Å². The molecule has 0 aliphatic carbocycles. The van der Waals surface area contributed by atoms with Gasteiger partial charge < -0.3 is 14.8 Å². The summed E-state index contributed by atoms with van der Waals surface area (Å²) in [4.78, 5) is 32.4. The number of hydrogen-bond donors (Lipinski definition) is 1. The lowest BCUT2D eigenvalue weighted by Crippen LogP contribution is -2.40. The first kappa shape index (κ1) is 19.4. The van der Waals surface area contributed by atoms with Crippen molar-refractivity contribution in [2.24, 2.45) is 0 Å². The Hall–Kier alpha value is -2.40. The predicted molar refractivity (Wildman–Crippen MR) is 108 cm³/mol. The van der Waals surface area contributed by atoms with Crippen LogP contribution in [0.4, 0.5) is 0 Å². The van der Waals surface area contributed by atoms with Gasteiger partial charge in [-0.2, -0.15) is 0 Å². The number of rotatable bonds is 4. The number of carbonyl (C=O) groups excluding carboxylic acids is 1. The molecule has 0 spiro atoms. The van der Waals surface area contributed by atoms with Crippen LogP contribution >= 0.6 is 0 Å². The second-order valence-electron chi connectivity index (χ2n) is 7.81. The van der Waals surface area contributed by atoms with Gasteiger partial charge in [-0.3, -0.25) is 9.59 Å². The van der Waals surface area contributed by atoms with Crippen LogP contribution in [0.5, 0.6) is 0 Å². The Balaban J connectivity index is 1.88. The highest BCUT2D eigenvalue weighted by Crippen LogP contribution is 2.32. The number of pyridine rings is 1. The minimum Gasteiger partial charge on any atom is -0.331 e. The predicted octanol–water partition coefficient (Wildman–Crippen LogP) is 3.42. The van der Waals surface area contributed by atoms with E-state index in [0.29, 0.717) is 6.54 Å². The highest BCUT2D eigenvalue weighted by Gasteiger charge is 2.30. The van der Waals surface area contributed by atoms with Crippen molar-refractivity contribution in [1.29, 1.82) is 0 Å². The smallest absolute Gasteiger partial charge is 0.261 e. The van der Waals surface area contributed by atoms with Gasteiger partial charge in [0.25, 0.3) is 11.5 Å². The number of nitrogens with zero attached hydrogens (tertiary/aromatic N) is 2. The summed E-state index contributed by atoms with van der Waals surface area (Å²) in [5.41, 5.74) is 4.08. The minimum absolute atomic E-state index is 0.0284. The molecule has 1 N–H and O–H groups in total. The van der Waals surface area contributed by atoms with Crippen molar-refractivity contribution in [1.82, 2.24) is 14.8 Å². The largest absolute Gasteiger partial charge is 0.331 e. The number of piperidine rings is 1. The number of hydrogen-bond acceptors (Lipinski definition) is 3. The average molecular weight is 367 g/mol. The van der Waals surface area contributed by atoms with Crippen LogP contribution in [0.15, 0.2) is 35.1 Å². The third kappa shape index (κ3) is 4.30. The molecule has 1 saturated heterocycles. The van der Waals surface area contributed by atoms with Crippen LogP contribution in [0.25, 0.3) is 0 Å². The van der Waals surface area contributed by atoms with Crippen molar-refractivity contribution in [3.63, 3.8) is 0 Å². The van der Waals surface area contributed by atoms with Crippen LogP contribution in [-0.4, -0.2) is 41.3 Å². The standard InChI is InChI=1S/C22H29N3O2/c1-15-13-19(21(26)23-16(15)2)22(27)25-12-6-5-7-20(25)18-10-8-17(9-11-18)14-24(3)4/h8-11,13,20H,5-7,12,14H2,1-4H3,(H,23,26)/t20-/m1/s1. The maximum absolute atomic E-state index is 13.2. The first-order valence-electron chi connectivity index (χ1n) is 9.62. The Morgan fingerprint density at radius 1 is 1.19 bits per heavy atom. The molecule has 0 saturated carbocycles. The molecule has 144 valence electrons. The molecule has 1 aromatic heterocycles. The van der Waals surface area contributed by atoms with Crippen molar-refractivity contribution in [3.8, 4) is 0 Å². The van der Waals surface area contributed by atoms with E-state index in [9.17, 15) is 9.59 Å². The van der Waals surface area contributed by atoms with Gasteiger partial charge in [0.15, 0.2) is 0 Å². The molecular formula is C22H29N3O2. The van der Waals surface area contributed by atoms with Crippen LogP contribution < -0.4 is 5.56 Å². The molecule has 1 fully saturated rings. The summed E-state index contributed by atoms with van der Waals surface area (Å²) in [6.45, 7) is 5.35. The number of H-pyrrole nitrogens is 1. The summed E-state index contributed by atoms with van der Waals surface area (Å²) in [6, 6.07) is 10.3. The van der Waals surface area contributed by atoms with Crippen molar-refractivity contribution < 1.29 is 4.79 Å². The van der Waals surface area contributed by atoms with E-state index in [1.807, 2.05) is 18.7 Å². The fraction of sp³-hybridized carbons (Fsp3) is 0.455. The summed E-state index contributed by atoms with van der Waals surface area (Å²) in [7, 11) is 4.10. The molecule has 1 atom stereocenters. The van der Waals surface area contributed by atoms with Gasteiger partial charge in [-0.15, -0.1) is 0 Å². The molecule has 0 bridgehead atoms. The quantitative estimate of drug-likeness (QED) is 0.901. The maximum Gasteiger partial charge on any atom is 0.261 e. The molecule has 5 nitrogen and oxygen atoms in total. The fourth-order valence-corrected chi connectivity index (χ4v) is 3.77. The zero-order chi connectivity index (χ0) is 19.6. The Labute approximate surface area is 161 Å². The lowest BCUT2D eigenvalue weighted by atomic mass is 9.93. The Morgan fingerprint density at radius 3 is 2.56 bits per heavy atom. The molecule has 0 radical (unpaired) electrons. The van der Waals surface area contributed by atoms with Gasteiger partial charge in [-0.1, -0.05) is 24.3 Å². The van der Waals surface area contributed by atoms with E-state index in [2.05, 4.69) is 48.2 Å². The van der Waals surface area contributed by atoms with E-state index in [1.165, 1.54) is 5.56 Å². The van der Waals surface area contributed by atoms with E-state index in [0.717, 1.165) is 42.6 Å². The van der Waals surface area contributed by atoms with Gasteiger partial charge in [0.2, 0.25) is 0 Å². The lowest BCUT2D eigenvalue weighted by molar-refractivity contribution is 0.0609. The van der Waals surface area contributed by atoms with Gasteiger partial charge in [0.1, 0.15) is 5.56 Å². The van der Waals surface area contributed by atoms with Crippen LogP contribution in [0.2, 0.25) is 0 Å². The second-order valence-corrected chi connectivity index (χ2v) is 7.81. The lowest BCUT2D eigenvalue weighted by Gasteiger charge is -2.36. The number of nitrogens with one attached hydrogen (secondary N) is 1. The van der Waals surface area contributed by atoms with E-state index in [4.69, 9.17) is 0 Å². The number of likely N-dealkylation sites (tertiary alicyclic amines) is 1. The zero-order valence-electron chi connectivity index (χ0n) is 16.7. The molecule has 3 rings (SSSR count). The SMILES string of the molecule is Cc1cc(C(=O)N2CCCC[C@@H]2c2ccc(CN(C)C)cc2)c(=O)[nH]c1C.